The summed E-state index contributed by atoms with van der Waals surface area (Å²) in [5.74, 6) is 6.19. The number of anilines is 1. The predicted octanol–water partition coefficient (Wildman–Crippen LogP) is 9.84. The molecule has 2 bridgehead atoms. The van der Waals surface area contributed by atoms with Crippen molar-refractivity contribution in [3.05, 3.63) is 48.2 Å². The summed E-state index contributed by atoms with van der Waals surface area (Å²) < 4.78 is 20.9. The standard InChI is InChI=1S/C40H60N4O3Si2/c1-45-35-15-14-30-10-13-32(23-33(30)24-35)36-25-41-44-39(36)42-38(34-21-28-8-9-29(20-28)22-34)37(31-11-12-31)40(44)43(26-46-16-18-48(2,3)4)27-47-17-19-49(5,6)7/h10,13-15,23-25,28-29,31,34,38,42H,8-9,11-12,16-22,26-27H2,1-7H3/t28-,29+,34+,38?. The number of ether oxygens (including phenoxy) is 3. The Morgan fingerprint density at radius 1 is 0.816 bits per heavy atom. The third-order valence-electron chi connectivity index (χ3n) is 11.4. The van der Waals surface area contributed by atoms with Crippen molar-refractivity contribution in [2.24, 2.45) is 23.7 Å². The highest BCUT2D eigenvalue weighted by atomic mass is 28.3. The molecular weight excluding hydrogens is 641 g/mol. The van der Waals surface area contributed by atoms with Gasteiger partial charge in [-0.15, -0.1) is 0 Å². The van der Waals surface area contributed by atoms with Crippen LogP contribution >= 0.6 is 0 Å². The first-order valence-electron chi connectivity index (χ1n) is 19.0. The predicted molar refractivity (Wildman–Crippen MR) is 208 cm³/mol. The van der Waals surface area contributed by atoms with Gasteiger partial charge in [-0.2, -0.15) is 5.10 Å². The van der Waals surface area contributed by atoms with Crippen LogP contribution in [0.4, 0.5) is 5.82 Å². The first-order chi connectivity index (χ1) is 23.5. The third-order valence-corrected chi connectivity index (χ3v) is 14.8. The largest absolute Gasteiger partial charge is 0.497 e. The Kier molecular flexibility index (Phi) is 10.1. The van der Waals surface area contributed by atoms with Gasteiger partial charge in [-0.25, -0.2) is 4.68 Å². The average molecular weight is 701 g/mol. The molecule has 4 aliphatic rings. The number of methoxy groups -OCH3 is 1. The van der Waals surface area contributed by atoms with Crippen LogP contribution in [0.5, 0.6) is 5.75 Å². The van der Waals surface area contributed by atoms with Gasteiger partial charge in [-0.05, 0) is 108 Å². The number of nitrogens with one attached hydrogen (secondary N) is 1. The van der Waals surface area contributed by atoms with Gasteiger partial charge in [0, 0.05) is 34.9 Å². The molecule has 3 fully saturated rings. The highest BCUT2D eigenvalue weighted by Crippen LogP contribution is 2.53. The maximum absolute atomic E-state index is 6.55. The van der Waals surface area contributed by atoms with Gasteiger partial charge in [-0.3, -0.25) is 0 Å². The van der Waals surface area contributed by atoms with E-state index in [4.69, 9.17) is 19.3 Å². The number of fused-ring (bicyclic) bond motifs is 4. The van der Waals surface area contributed by atoms with Crippen molar-refractivity contribution in [1.29, 1.82) is 0 Å². The van der Waals surface area contributed by atoms with E-state index in [0.29, 0.717) is 31.3 Å². The number of hydrogen-bond donors (Lipinski definition) is 1. The second-order valence-corrected chi connectivity index (χ2v) is 29.2. The van der Waals surface area contributed by atoms with Crippen LogP contribution in [-0.2, 0) is 9.47 Å². The molecule has 1 N–H and O–H groups in total. The molecule has 2 heterocycles. The van der Waals surface area contributed by atoms with Gasteiger partial charge in [0.15, 0.2) is 0 Å². The molecule has 266 valence electrons. The fourth-order valence-corrected chi connectivity index (χ4v) is 9.99. The molecule has 49 heavy (non-hydrogen) atoms. The summed E-state index contributed by atoms with van der Waals surface area (Å²) in [6.45, 7) is 17.2. The molecule has 4 atom stereocenters. The lowest BCUT2D eigenvalue weighted by atomic mass is 9.74. The van der Waals surface area contributed by atoms with Crippen LogP contribution in [0.1, 0.15) is 44.9 Å². The number of rotatable bonds is 15. The maximum Gasteiger partial charge on any atom is 0.139 e. The Hall–Kier alpha value is -2.60. The monoisotopic (exact) mass is 700 g/mol. The van der Waals surface area contributed by atoms with Crippen LogP contribution in [0.15, 0.2) is 48.2 Å². The minimum atomic E-state index is -1.22. The summed E-state index contributed by atoms with van der Waals surface area (Å²) in [6, 6.07) is 15.7. The number of benzene rings is 2. The SMILES string of the molecule is COc1ccc2ccc(-c3cnn4c3NC([C@H]3C[C@@H]5CC[C@@H](C5)C3)C(C3CC3)=C4N(COCC[Si](C)(C)C)COCC[Si](C)(C)C)cc2c1. The van der Waals surface area contributed by atoms with Crippen molar-refractivity contribution in [2.75, 3.05) is 39.1 Å². The molecule has 3 aliphatic carbocycles. The molecule has 7 rings (SSSR count). The van der Waals surface area contributed by atoms with Gasteiger partial charge in [0.05, 0.1) is 19.3 Å². The number of hydrogen-bond acceptors (Lipinski definition) is 6. The summed E-state index contributed by atoms with van der Waals surface area (Å²) in [5.41, 5.74) is 3.88. The molecule has 1 unspecified atom stereocenters. The normalized spacial score (nSPS) is 23.9. The molecule has 0 radical (unpaired) electrons. The zero-order valence-electron chi connectivity index (χ0n) is 31.2. The molecule has 1 aliphatic heterocycles. The fourth-order valence-electron chi connectivity index (χ4n) is 8.48. The van der Waals surface area contributed by atoms with Crippen LogP contribution in [-0.4, -0.2) is 70.7 Å². The van der Waals surface area contributed by atoms with E-state index < -0.39 is 16.1 Å². The van der Waals surface area contributed by atoms with Crippen LogP contribution in [0.2, 0.25) is 51.4 Å². The van der Waals surface area contributed by atoms with Gasteiger partial charge in [0.2, 0.25) is 0 Å². The minimum absolute atomic E-state index is 0.306. The van der Waals surface area contributed by atoms with Crippen LogP contribution < -0.4 is 10.1 Å². The third kappa shape index (κ3) is 8.16. The van der Waals surface area contributed by atoms with E-state index in [1.54, 1.807) is 12.7 Å². The van der Waals surface area contributed by atoms with E-state index in [1.165, 1.54) is 67.1 Å². The number of nitrogens with zero attached hydrogens (tertiary/aromatic N) is 3. The molecule has 0 spiro atoms. The average Bonchev–Trinajstić information content (AvgIpc) is 3.73. The Bertz CT molecular complexity index is 1620. The quantitative estimate of drug-likeness (QED) is 0.0968. The molecule has 9 heteroatoms. The van der Waals surface area contributed by atoms with Crippen molar-refractivity contribution in [1.82, 2.24) is 14.7 Å². The Balaban J connectivity index is 1.29. The van der Waals surface area contributed by atoms with E-state index in [2.05, 4.69) is 90.7 Å². The van der Waals surface area contributed by atoms with Crippen molar-refractivity contribution in [3.63, 3.8) is 0 Å². The zero-order chi connectivity index (χ0) is 34.3. The summed E-state index contributed by atoms with van der Waals surface area (Å²) in [4.78, 5) is 2.40. The molecule has 3 saturated carbocycles. The van der Waals surface area contributed by atoms with Gasteiger partial charge in [0.25, 0.3) is 0 Å². The molecular formula is C40H60N4O3Si2. The lowest BCUT2D eigenvalue weighted by Crippen LogP contribution is -2.44. The Morgan fingerprint density at radius 3 is 2.08 bits per heavy atom. The van der Waals surface area contributed by atoms with Crippen LogP contribution in [0, 0.1) is 23.7 Å². The first-order valence-corrected chi connectivity index (χ1v) is 26.4. The molecule has 2 aromatic carbocycles. The Morgan fingerprint density at radius 2 is 1.47 bits per heavy atom. The van der Waals surface area contributed by atoms with Crippen molar-refractivity contribution >= 4 is 38.6 Å². The molecule has 0 saturated heterocycles. The number of aromatic nitrogens is 2. The van der Waals surface area contributed by atoms with Gasteiger partial charge in [-0.1, -0.05) is 70.3 Å². The van der Waals surface area contributed by atoms with E-state index in [1.807, 2.05) is 6.07 Å². The van der Waals surface area contributed by atoms with E-state index in [-0.39, 0.29) is 0 Å². The lowest BCUT2D eigenvalue weighted by molar-refractivity contribution is -0.0102. The maximum atomic E-state index is 6.55. The van der Waals surface area contributed by atoms with Crippen molar-refractivity contribution in [2.45, 2.75) is 102 Å². The van der Waals surface area contributed by atoms with Crippen LogP contribution in [0.3, 0.4) is 0 Å². The van der Waals surface area contributed by atoms with E-state index in [0.717, 1.165) is 54.3 Å². The van der Waals surface area contributed by atoms with Crippen molar-refractivity contribution in [3.8, 4) is 16.9 Å². The molecule has 3 aromatic rings. The minimum Gasteiger partial charge on any atom is -0.497 e. The topological polar surface area (TPSA) is 60.8 Å². The van der Waals surface area contributed by atoms with Gasteiger partial charge in [0.1, 0.15) is 30.8 Å². The summed E-state index contributed by atoms with van der Waals surface area (Å²) in [6.07, 6.45) is 11.5. The fraction of sp³-hybridized carbons (Fsp3) is 0.625. The first kappa shape index (κ1) is 34.8. The molecule has 0 amide bonds. The summed E-state index contributed by atoms with van der Waals surface area (Å²) in [7, 11) is -0.699. The van der Waals surface area contributed by atoms with Gasteiger partial charge < -0.3 is 24.4 Å². The molecule has 7 nitrogen and oxygen atoms in total. The highest BCUT2D eigenvalue weighted by Gasteiger charge is 2.46. The van der Waals surface area contributed by atoms with E-state index in [9.17, 15) is 0 Å². The second kappa shape index (κ2) is 14.2. The zero-order valence-corrected chi connectivity index (χ0v) is 33.2. The lowest BCUT2D eigenvalue weighted by Gasteiger charge is -2.42. The van der Waals surface area contributed by atoms with Crippen molar-refractivity contribution < 1.29 is 14.2 Å². The second-order valence-electron chi connectivity index (χ2n) is 17.9. The van der Waals surface area contributed by atoms with Gasteiger partial charge >= 0.3 is 0 Å². The summed E-state index contributed by atoms with van der Waals surface area (Å²) >= 11 is 0. The van der Waals surface area contributed by atoms with Crippen LogP contribution in [0.25, 0.3) is 27.7 Å². The molecule has 1 aromatic heterocycles. The highest BCUT2D eigenvalue weighted by molar-refractivity contribution is 6.76. The van der Waals surface area contributed by atoms with E-state index >= 15 is 0 Å². The summed E-state index contributed by atoms with van der Waals surface area (Å²) in [5, 5.41) is 11.8. The smallest absolute Gasteiger partial charge is 0.139 e. The Labute approximate surface area is 296 Å².